The zero-order chi connectivity index (χ0) is 16.0. The maximum atomic E-state index is 12.7. The van der Waals surface area contributed by atoms with Crippen LogP contribution in [0.3, 0.4) is 0 Å². The van der Waals surface area contributed by atoms with Crippen LogP contribution in [0.4, 0.5) is 0 Å². The second-order valence-electron chi connectivity index (χ2n) is 6.32. The number of amides is 1. The van der Waals surface area contributed by atoms with Gasteiger partial charge in [0.2, 0.25) is 15.9 Å². The quantitative estimate of drug-likeness (QED) is 0.864. The summed E-state index contributed by atoms with van der Waals surface area (Å²) < 4.78 is 28.4. The number of hydrogen-bond acceptors (Lipinski definition) is 4. The van der Waals surface area contributed by atoms with E-state index in [1.54, 1.807) is 14.0 Å². The Bertz CT molecular complexity index is 663. The molecule has 0 bridgehead atoms. The van der Waals surface area contributed by atoms with Crippen LogP contribution in [0, 0.1) is 18.3 Å². The van der Waals surface area contributed by atoms with Gasteiger partial charge < -0.3 is 5.73 Å². The third-order valence-corrected chi connectivity index (χ3v) is 6.07. The number of carbonyl (C=O) groups is 1. The third kappa shape index (κ3) is 2.82. The van der Waals surface area contributed by atoms with Crippen LogP contribution in [0.25, 0.3) is 0 Å². The first kappa shape index (κ1) is 16.0. The zero-order valence-corrected chi connectivity index (χ0v) is 13.6. The molecule has 2 rings (SSSR count). The van der Waals surface area contributed by atoms with E-state index in [9.17, 15) is 13.2 Å². The summed E-state index contributed by atoms with van der Waals surface area (Å²) >= 11 is 0. The summed E-state index contributed by atoms with van der Waals surface area (Å²) in [4.78, 5) is 11.7. The van der Waals surface area contributed by atoms with Crippen molar-refractivity contribution in [3.8, 4) is 0 Å². The number of carbonyl (C=O) groups excluding carboxylic acids is 1. The molecule has 2 N–H and O–H groups in total. The summed E-state index contributed by atoms with van der Waals surface area (Å²) in [6, 6.07) is 0. The van der Waals surface area contributed by atoms with Gasteiger partial charge in [-0.2, -0.15) is 9.40 Å². The topological polar surface area (TPSA) is 98.3 Å². The fourth-order valence-corrected chi connectivity index (χ4v) is 4.84. The lowest BCUT2D eigenvalue weighted by atomic mass is 9.74. The fraction of sp³-hybridized carbons (Fsp3) is 0.692. The molecule has 0 aromatic carbocycles. The maximum Gasteiger partial charge on any atom is 0.246 e. The molecule has 1 aliphatic heterocycles. The molecule has 0 radical (unpaired) electrons. The van der Waals surface area contributed by atoms with Crippen LogP contribution in [0.15, 0.2) is 11.1 Å². The van der Waals surface area contributed by atoms with Gasteiger partial charge in [-0.05, 0) is 18.8 Å². The Balaban J connectivity index is 2.32. The molecule has 7 nitrogen and oxygen atoms in total. The number of sulfonamides is 1. The van der Waals surface area contributed by atoms with E-state index in [0.29, 0.717) is 18.7 Å². The molecule has 118 valence electrons. The lowest BCUT2D eigenvalue weighted by molar-refractivity contribution is -0.127. The molecule has 1 saturated heterocycles. The summed E-state index contributed by atoms with van der Waals surface area (Å²) in [5.74, 6) is -0.673. The van der Waals surface area contributed by atoms with Gasteiger partial charge in [0, 0.05) is 32.3 Å². The van der Waals surface area contributed by atoms with E-state index in [2.05, 4.69) is 5.10 Å². The van der Waals surface area contributed by atoms with Crippen molar-refractivity contribution in [2.75, 3.05) is 13.1 Å². The van der Waals surface area contributed by atoms with E-state index in [1.165, 1.54) is 15.2 Å². The highest BCUT2D eigenvalue weighted by atomic mass is 32.2. The van der Waals surface area contributed by atoms with Crippen LogP contribution in [0.5, 0.6) is 0 Å². The van der Waals surface area contributed by atoms with Gasteiger partial charge in [0.05, 0.1) is 5.69 Å². The second-order valence-corrected chi connectivity index (χ2v) is 8.23. The minimum absolute atomic E-state index is 0.221. The standard InChI is InChI=1S/C13H22N4O3S/c1-9-11(7-16(4)15-9)21(19,20)17-6-5-10(12(14)18)13(2,3)8-17/h7,10H,5-6,8H2,1-4H3,(H2,14,18). The first-order chi connectivity index (χ1) is 9.55. The van der Waals surface area contributed by atoms with Crippen LogP contribution < -0.4 is 5.73 Å². The largest absolute Gasteiger partial charge is 0.369 e. The normalized spacial score (nSPS) is 23.1. The number of hydrogen-bond donors (Lipinski definition) is 1. The highest BCUT2D eigenvalue weighted by Gasteiger charge is 2.43. The minimum Gasteiger partial charge on any atom is -0.369 e. The van der Waals surface area contributed by atoms with Crippen LogP contribution >= 0.6 is 0 Å². The van der Waals surface area contributed by atoms with Crippen LogP contribution in [0.1, 0.15) is 26.0 Å². The van der Waals surface area contributed by atoms with Gasteiger partial charge in [0.15, 0.2) is 0 Å². The molecule has 8 heteroatoms. The van der Waals surface area contributed by atoms with Crippen molar-refractivity contribution in [2.45, 2.75) is 32.1 Å². The van der Waals surface area contributed by atoms with Crippen molar-refractivity contribution in [3.63, 3.8) is 0 Å². The smallest absolute Gasteiger partial charge is 0.246 e. The molecule has 0 spiro atoms. The highest BCUT2D eigenvalue weighted by Crippen LogP contribution is 2.37. The Labute approximate surface area is 125 Å². The number of primary amides is 1. The molecule has 1 aromatic heterocycles. The average Bonchev–Trinajstić information content (AvgIpc) is 2.67. The predicted octanol–water partition coefficient (Wildman–Crippen LogP) is 0.251. The van der Waals surface area contributed by atoms with Crippen molar-refractivity contribution in [3.05, 3.63) is 11.9 Å². The van der Waals surface area contributed by atoms with E-state index >= 15 is 0 Å². The van der Waals surface area contributed by atoms with Crippen LogP contribution in [0.2, 0.25) is 0 Å². The van der Waals surface area contributed by atoms with Crippen molar-refractivity contribution >= 4 is 15.9 Å². The van der Waals surface area contributed by atoms with E-state index in [0.717, 1.165) is 0 Å². The molecule has 0 saturated carbocycles. The van der Waals surface area contributed by atoms with E-state index in [-0.39, 0.29) is 23.3 Å². The van der Waals surface area contributed by atoms with Crippen LogP contribution in [-0.2, 0) is 21.9 Å². The number of piperidine rings is 1. The maximum absolute atomic E-state index is 12.7. The Kier molecular flexibility index (Phi) is 3.88. The SMILES string of the molecule is Cc1nn(C)cc1S(=O)(=O)N1CCC(C(N)=O)C(C)(C)C1. The fourth-order valence-electron chi connectivity index (χ4n) is 3.01. The van der Waals surface area contributed by atoms with Crippen molar-refractivity contribution in [1.82, 2.24) is 14.1 Å². The van der Waals surface area contributed by atoms with Crippen molar-refractivity contribution in [2.24, 2.45) is 24.1 Å². The Morgan fingerprint density at radius 2 is 2.10 bits per heavy atom. The molecule has 1 aliphatic rings. The van der Waals surface area contributed by atoms with Gasteiger partial charge in [0.1, 0.15) is 4.90 Å². The number of rotatable bonds is 3. The Morgan fingerprint density at radius 1 is 1.48 bits per heavy atom. The van der Waals surface area contributed by atoms with Gasteiger partial charge >= 0.3 is 0 Å². The third-order valence-electron chi connectivity index (χ3n) is 4.12. The lowest BCUT2D eigenvalue weighted by Gasteiger charge is -2.41. The van der Waals surface area contributed by atoms with Gasteiger partial charge in [0.25, 0.3) is 0 Å². The average molecular weight is 314 g/mol. The molecule has 1 aromatic rings. The lowest BCUT2D eigenvalue weighted by Crippen LogP contribution is -2.51. The first-order valence-corrected chi connectivity index (χ1v) is 8.29. The highest BCUT2D eigenvalue weighted by molar-refractivity contribution is 7.89. The van der Waals surface area contributed by atoms with E-state index in [1.807, 2.05) is 13.8 Å². The van der Waals surface area contributed by atoms with Gasteiger partial charge in [-0.25, -0.2) is 8.42 Å². The molecule has 1 unspecified atom stereocenters. The number of nitrogens with zero attached hydrogens (tertiary/aromatic N) is 3. The van der Waals surface area contributed by atoms with E-state index < -0.39 is 15.4 Å². The summed E-state index contributed by atoms with van der Waals surface area (Å²) in [7, 11) is -1.90. The molecule has 1 fully saturated rings. The van der Waals surface area contributed by atoms with Crippen molar-refractivity contribution < 1.29 is 13.2 Å². The second kappa shape index (κ2) is 5.10. The molecular formula is C13H22N4O3S. The molecule has 0 aliphatic carbocycles. The van der Waals surface area contributed by atoms with Gasteiger partial charge in [-0.3, -0.25) is 9.48 Å². The summed E-state index contributed by atoms with van der Waals surface area (Å²) in [6.45, 7) is 6.00. The minimum atomic E-state index is -3.59. The molecule has 2 heterocycles. The van der Waals surface area contributed by atoms with Crippen LogP contribution in [-0.4, -0.2) is 41.5 Å². The Morgan fingerprint density at radius 3 is 2.52 bits per heavy atom. The first-order valence-electron chi connectivity index (χ1n) is 6.85. The summed E-state index contributed by atoms with van der Waals surface area (Å²) in [5.41, 5.74) is 5.42. The zero-order valence-electron chi connectivity index (χ0n) is 12.8. The number of nitrogens with two attached hydrogens (primary N) is 1. The molecular weight excluding hydrogens is 292 g/mol. The molecule has 1 amide bonds. The van der Waals surface area contributed by atoms with Crippen molar-refractivity contribution in [1.29, 1.82) is 0 Å². The Hall–Kier alpha value is -1.41. The molecule has 21 heavy (non-hydrogen) atoms. The summed E-state index contributed by atoms with van der Waals surface area (Å²) in [6.07, 6.45) is 1.96. The number of aryl methyl sites for hydroxylation is 2. The van der Waals surface area contributed by atoms with Gasteiger partial charge in [-0.1, -0.05) is 13.8 Å². The monoisotopic (exact) mass is 314 g/mol. The van der Waals surface area contributed by atoms with Gasteiger partial charge in [-0.15, -0.1) is 0 Å². The molecule has 1 atom stereocenters. The number of aromatic nitrogens is 2. The predicted molar refractivity (Wildman–Crippen MR) is 77.8 cm³/mol. The van der Waals surface area contributed by atoms with E-state index in [4.69, 9.17) is 5.73 Å². The summed E-state index contributed by atoms with van der Waals surface area (Å²) in [5, 5.41) is 4.09.